The molecule has 2 amide bonds. The van der Waals surface area contributed by atoms with Crippen molar-refractivity contribution in [2.75, 3.05) is 10.6 Å². The number of aromatic nitrogens is 1. The van der Waals surface area contributed by atoms with E-state index in [9.17, 15) is 19.7 Å². The van der Waals surface area contributed by atoms with Crippen LogP contribution in [0.2, 0.25) is 0 Å². The van der Waals surface area contributed by atoms with E-state index >= 15 is 0 Å². The summed E-state index contributed by atoms with van der Waals surface area (Å²) in [6, 6.07) is 20.6. The van der Waals surface area contributed by atoms with E-state index in [1.807, 2.05) is 42.6 Å². The lowest BCUT2D eigenvalue weighted by Gasteiger charge is -2.12. The first-order valence-corrected chi connectivity index (χ1v) is 12.7. The Kier molecular flexibility index (Phi) is 7.77. The number of anilines is 2. The molecule has 10 heteroatoms. The number of rotatable bonds is 8. The highest BCUT2D eigenvalue weighted by molar-refractivity contribution is 8.00. The minimum atomic E-state index is -0.546. The van der Waals surface area contributed by atoms with Gasteiger partial charge in [0.05, 0.1) is 15.9 Å². The Balaban J connectivity index is 1.36. The highest BCUT2D eigenvalue weighted by atomic mass is 32.2. The van der Waals surface area contributed by atoms with Crippen LogP contribution in [0.5, 0.6) is 0 Å². The first-order chi connectivity index (χ1) is 17.3. The number of aryl methyl sites for hydroxylation is 1. The molecule has 0 bridgehead atoms. The zero-order valence-corrected chi connectivity index (χ0v) is 21.1. The van der Waals surface area contributed by atoms with Crippen LogP contribution in [0, 0.1) is 17.0 Å². The number of hydrogen-bond donors (Lipinski definition) is 2. The number of non-ortho nitro benzene ring substituents is 1. The van der Waals surface area contributed by atoms with Gasteiger partial charge >= 0.3 is 0 Å². The maximum Gasteiger partial charge on any atom is 0.270 e. The standard InChI is InChI=1S/C26H22N4O4S2/c1-16-9-11-18(12-10-16)23-15-35-26(28-23)29-24(31)17(2)36-22-8-4-6-20(14-22)27-25(32)19-5-3-7-21(13-19)30(33)34/h3-15,17H,1-2H3,(H,27,32)(H,28,29,31). The average Bonchev–Trinajstić information content (AvgIpc) is 3.33. The van der Waals surface area contributed by atoms with Crippen molar-refractivity contribution >= 4 is 51.4 Å². The van der Waals surface area contributed by atoms with E-state index in [2.05, 4.69) is 15.6 Å². The molecule has 2 N–H and O–H groups in total. The number of nitrogens with zero attached hydrogens (tertiary/aromatic N) is 2. The Bertz CT molecular complexity index is 1420. The van der Waals surface area contributed by atoms with E-state index in [0.717, 1.165) is 16.2 Å². The molecule has 3 aromatic carbocycles. The van der Waals surface area contributed by atoms with Crippen LogP contribution in [0.1, 0.15) is 22.8 Å². The maximum absolute atomic E-state index is 12.8. The second kappa shape index (κ2) is 11.1. The molecule has 8 nitrogen and oxygen atoms in total. The van der Waals surface area contributed by atoms with E-state index in [1.54, 1.807) is 25.1 Å². The number of benzene rings is 3. The van der Waals surface area contributed by atoms with E-state index in [0.29, 0.717) is 10.8 Å². The third kappa shape index (κ3) is 6.35. The summed E-state index contributed by atoms with van der Waals surface area (Å²) in [6.45, 7) is 3.82. The van der Waals surface area contributed by atoms with Crippen LogP contribution in [-0.4, -0.2) is 27.0 Å². The molecule has 0 radical (unpaired) electrons. The van der Waals surface area contributed by atoms with Gasteiger partial charge in [0.1, 0.15) is 0 Å². The molecule has 0 aliphatic carbocycles. The molecule has 1 heterocycles. The number of carbonyl (C=O) groups is 2. The molecule has 1 unspecified atom stereocenters. The van der Waals surface area contributed by atoms with Gasteiger partial charge in [-0.05, 0) is 38.1 Å². The third-order valence-corrected chi connectivity index (χ3v) is 7.03. The van der Waals surface area contributed by atoms with Crippen LogP contribution in [-0.2, 0) is 4.79 Å². The van der Waals surface area contributed by atoms with Gasteiger partial charge in [-0.2, -0.15) is 0 Å². The number of thioether (sulfide) groups is 1. The van der Waals surface area contributed by atoms with Gasteiger partial charge in [0.25, 0.3) is 11.6 Å². The fourth-order valence-electron chi connectivity index (χ4n) is 3.26. The van der Waals surface area contributed by atoms with Gasteiger partial charge in [-0.25, -0.2) is 4.98 Å². The summed E-state index contributed by atoms with van der Waals surface area (Å²) in [5.41, 5.74) is 3.51. The first kappa shape index (κ1) is 25.1. The zero-order chi connectivity index (χ0) is 25.7. The van der Waals surface area contributed by atoms with Crippen LogP contribution in [0.15, 0.2) is 83.1 Å². The van der Waals surface area contributed by atoms with Crippen molar-refractivity contribution in [1.29, 1.82) is 0 Å². The number of thiazole rings is 1. The van der Waals surface area contributed by atoms with Gasteiger partial charge < -0.3 is 10.6 Å². The normalized spacial score (nSPS) is 11.5. The van der Waals surface area contributed by atoms with Crippen molar-refractivity contribution in [2.45, 2.75) is 24.0 Å². The van der Waals surface area contributed by atoms with Crippen LogP contribution < -0.4 is 10.6 Å². The van der Waals surface area contributed by atoms with Gasteiger partial charge in [0.2, 0.25) is 5.91 Å². The summed E-state index contributed by atoms with van der Waals surface area (Å²) in [5, 5.41) is 18.6. The van der Waals surface area contributed by atoms with Crippen molar-refractivity contribution in [2.24, 2.45) is 0 Å². The molecule has 0 saturated heterocycles. The Morgan fingerprint density at radius 2 is 1.78 bits per heavy atom. The molecule has 36 heavy (non-hydrogen) atoms. The van der Waals surface area contributed by atoms with Gasteiger partial charge in [-0.15, -0.1) is 23.1 Å². The largest absolute Gasteiger partial charge is 0.322 e. The fraction of sp³-hybridized carbons (Fsp3) is 0.115. The predicted octanol–water partition coefficient (Wildman–Crippen LogP) is 6.40. The molecule has 0 aliphatic heterocycles. The molecule has 0 spiro atoms. The monoisotopic (exact) mass is 518 g/mol. The number of nitrogens with one attached hydrogen (secondary N) is 2. The topological polar surface area (TPSA) is 114 Å². The van der Waals surface area contributed by atoms with Gasteiger partial charge in [-0.1, -0.05) is 42.0 Å². The van der Waals surface area contributed by atoms with Gasteiger partial charge in [-0.3, -0.25) is 19.7 Å². The second-order valence-corrected chi connectivity index (χ2v) is 10.2. The SMILES string of the molecule is Cc1ccc(-c2csc(NC(=O)C(C)Sc3cccc(NC(=O)c4cccc([N+](=O)[O-])c4)c3)n2)cc1. The highest BCUT2D eigenvalue weighted by Crippen LogP contribution is 2.29. The number of nitro benzene ring substituents is 1. The Hall–Kier alpha value is -4.02. The Labute approximate surface area is 215 Å². The van der Waals surface area contributed by atoms with Crippen molar-refractivity contribution < 1.29 is 14.5 Å². The molecule has 4 rings (SSSR count). The molecule has 1 aromatic heterocycles. The first-order valence-electron chi connectivity index (χ1n) is 10.9. The van der Waals surface area contributed by atoms with Gasteiger partial charge in [0, 0.05) is 39.2 Å². The quantitative estimate of drug-likeness (QED) is 0.158. The maximum atomic E-state index is 12.8. The Morgan fingerprint density at radius 1 is 1.03 bits per heavy atom. The predicted molar refractivity (Wildman–Crippen MR) is 144 cm³/mol. The summed E-state index contributed by atoms with van der Waals surface area (Å²) in [5.74, 6) is -0.643. The smallest absolute Gasteiger partial charge is 0.270 e. The summed E-state index contributed by atoms with van der Waals surface area (Å²) in [6.07, 6.45) is 0. The van der Waals surface area contributed by atoms with E-state index in [4.69, 9.17) is 0 Å². The number of nitro groups is 1. The van der Waals surface area contributed by atoms with Crippen LogP contribution in [0.25, 0.3) is 11.3 Å². The van der Waals surface area contributed by atoms with Crippen molar-refractivity contribution in [1.82, 2.24) is 4.98 Å². The van der Waals surface area contributed by atoms with Crippen molar-refractivity contribution in [3.05, 3.63) is 99.4 Å². The summed E-state index contributed by atoms with van der Waals surface area (Å²) >= 11 is 2.71. The number of carbonyl (C=O) groups excluding carboxylic acids is 2. The summed E-state index contributed by atoms with van der Waals surface area (Å²) in [7, 11) is 0. The van der Waals surface area contributed by atoms with Crippen LogP contribution in [0.3, 0.4) is 0 Å². The lowest BCUT2D eigenvalue weighted by molar-refractivity contribution is -0.384. The van der Waals surface area contributed by atoms with E-state index in [1.165, 1.54) is 52.9 Å². The van der Waals surface area contributed by atoms with Crippen molar-refractivity contribution in [3.8, 4) is 11.3 Å². The molecule has 0 fully saturated rings. The third-order valence-electron chi connectivity index (χ3n) is 5.17. The summed E-state index contributed by atoms with van der Waals surface area (Å²) < 4.78 is 0. The van der Waals surface area contributed by atoms with Crippen LogP contribution in [0.4, 0.5) is 16.5 Å². The number of amides is 2. The average molecular weight is 519 g/mol. The fourth-order valence-corrected chi connectivity index (χ4v) is 4.91. The minimum absolute atomic E-state index is 0.155. The van der Waals surface area contributed by atoms with E-state index in [-0.39, 0.29) is 17.2 Å². The molecular formula is C26H22N4O4S2. The molecule has 182 valence electrons. The highest BCUT2D eigenvalue weighted by Gasteiger charge is 2.17. The lowest BCUT2D eigenvalue weighted by Crippen LogP contribution is -2.22. The van der Waals surface area contributed by atoms with E-state index < -0.39 is 16.1 Å². The molecular weight excluding hydrogens is 496 g/mol. The second-order valence-electron chi connectivity index (χ2n) is 7.94. The summed E-state index contributed by atoms with van der Waals surface area (Å²) in [4.78, 5) is 41.0. The molecule has 1 atom stereocenters. The molecule has 0 saturated carbocycles. The lowest BCUT2D eigenvalue weighted by atomic mass is 10.1. The minimum Gasteiger partial charge on any atom is -0.322 e. The zero-order valence-electron chi connectivity index (χ0n) is 19.4. The number of hydrogen-bond acceptors (Lipinski definition) is 7. The molecule has 4 aromatic rings. The van der Waals surface area contributed by atoms with Crippen molar-refractivity contribution in [3.63, 3.8) is 0 Å². The Morgan fingerprint density at radius 3 is 2.53 bits per heavy atom. The van der Waals surface area contributed by atoms with Gasteiger partial charge in [0.15, 0.2) is 5.13 Å². The molecule has 0 aliphatic rings. The van der Waals surface area contributed by atoms with Crippen LogP contribution >= 0.6 is 23.1 Å².